The fourth-order valence-electron chi connectivity index (χ4n) is 4.57. The second-order valence-corrected chi connectivity index (χ2v) is 9.54. The molecule has 3 aromatic heterocycles. The second-order valence-electron chi connectivity index (χ2n) is 8.46. The monoisotopic (exact) mass is 472 g/mol. The highest BCUT2D eigenvalue weighted by molar-refractivity contribution is 7.99. The lowest BCUT2D eigenvalue weighted by molar-refractivity contribution is 0.107. The zero-order valence-electron chi connectivity index (χ0n) is 18.4. The van der Waals surface area contributed by atoms with Gasteiger partial charge in [-0.15, -0.1) is 0 Å². The smallest absolute Gasteiger partial charge is 0.124 e. The third-order valence-electron chi connectivity index (χ3n) is 6.35. The molecular weight excluding hydrogens is 451 g/mol. The summed E-state index contributed by atoms with van der Waals surface area (Å²) in [6.45, 7) is 2.03. The minimum absolute atomic E-state index is 0.229. The predicted octanol–water partition coefficient (Wildman–Crippen LogP) is 5.02. The van der Waals surface area contributed by atoms with Crippen molar-refractivity contribution >= 4 is 17.3 Å². The molecule has 1 saturated carbocycles. The molecular formula is C25H21FN6OS. The van der Waals surface area contributed by atoms with E-state index in [1.807, 2.05) is 36.1 Å². The Bertz CT molecular complexity index is 1470. The van der Waals surface area contributed by atoms with Gasteiger partial charge < -0.3 is 5.11 Å². The summed E-state index contributed by atoms with van der Waals surface area (Å²) >= 11 is 1.30. The summed E-state index contributed by atoms with van der Waals surface area (Å²) in [6, 6.07) is 10.5. The summed E-state index contributed by atoms with van der Waals surface area (Å²) in [6.07, 6.45) is 8.31. The minimum atomic E-state index is -0.472. The normalized spacial score (nSPS) is 18.0. The molecule has 0 saturated heterocycles. The summed E-state index contributed by atoms with van der Waals surface area (Å²) in [4.78, 5) is 1.34. The predicted molar refractivity (Wildman–Crippen MR) is 125 cm³/mol. The zero-order chi connectivity index (χ0) is 23.8. The van der Waals surface area contributed by atoms with Gasteiger partial charge in [-0.1, -0.05) is 11.8 Å². The van der Waals surface area contributed by atoms with Gasteiger partial charge in [0.05, 0.1) is 41.2 Å². The SMILES string of the molecule is Cc1c(-c2cc(Sc3ccc(F)cc3C#N)c3c(C#N)cnn3c2)cnn1[C@H]1CC[C@H](O)CC1. The number of halogens is 1. The van der Waals surface area contributed by atoms with Gasteiger partial charge in [-0.2, -0.15) is 20.7 Å². The first kappa shape index (κ1) is 22.1. The molecule has 0 atom stereocenters. The Kier molecular flexibility index (Phi) is 5.82. The molecule has 1 aliphatic carbocycles. The Morgan fingerprint density at radius 2 is 1.79 bits per heavy atom. The van der Waals surface area contributed by atoms with Crippen molar-refractivity contribution < 1.29 is 9.50 Å². The van der Waals surface area contributed by atoms with E-state index >= 15 is 0 Å². The van der Waals surface area contributed by atoms with Gasteiger partial charge in [0.1, 0.15) is 18.0 Å². The standard InChI is InChI=1S/C25H21FN6OS/c1-15-22(13-30-32(15)20-3-5-21(33)6-4-20)17-9-24(25-18(11-28)12-29-31(25)14-17)34-23-7-2-19(26)8-16(23)10-27/h2,7-9,12-14,20-21,33H,3-6H2,1H3/t20-,21-. The van der Waals surface area contributed by atoms with Crippen LogP contribution in [0.15, 0.2) is 52.6 Å². The topological polar surface area (TPSA) is 103 Å². The van der Waals surface area contributed by atoms with Crippen molar-refractivity contribution in [1.29, 1.82) is 10.5 Å². The number of aromatic nitrogens is 4. The molecule has 0 radical (unpaired) electrons. The molecule has 4 aromatic rings. The van der Waals surface area contributed by atoms with Crippen LogP contribution in [-0.2, 0) is 0 Å². The molecule has 3 heterocycles. The minimum Gasteiger partial charge on any atom is -0.393 e. The van der Waals surface area contributed by atoms with Crippen molar-refractivity contribution in [2.75, 3.05) is 0 Å². The van der Waals surface area contributed by atoms with E-state index < -0.39 is 5.82 Å². The molecule has 1 N–H and O–H groups in total. The van der Waals surface area contributed by atoms with Crippen molar-refractivity contribution in [2.24, 2.45) is 0 Å². The highest BCUT2D eigenvalue weighted by Gasteiger charge is 2.24. The number of aliphatic hydroxyl groups is 1. The molecule has 5 rings (SSSR count). The lowest BCUT2D eigenvalue weighted by atomic mass is 9.93. The molecule has 1 aliphatic rings. The van der Waals surface area contributed by atoms with Gasteiger partial charge in [0.15, 0.2) is 0 Å². The maximum atomic E-state index is 13.7. The van der Waals surface area contributed by atoms with Crippen LogP contribution in [0.4, 0.5) is 4.39 Å². The maximum Gasteiger partial charge on any atom is 0.124 e. The Balaban J connectivity index is 1.60. The molecule has 1 aromatic carbocycles. The molecule has 0 unspecified atom stereocenters. The average molecular weight is 473 g/mol. The number of nitrogens with zero attached hydrogens (tertiary/aromatic N) is 6. The lowest BCUT2D eigenvalue weighted by Crippen LogP contribution is -2.22. The molecule has 170 valence electrons. The van der Waals surface area contributed by atoms with E-state index in [1.54, 1.807) is 10.6 Å². The van der Waals surface area contributed by atoms with Crippen molar-refractivity contribution in [3.05, 3.63) is 65.5 Å². The van der Waals surface area contributed by atoms with Gasteiger partial charge in [-0.3, -0.25) is 4.68 Å². The molecule has 7 nitrogen and oxygen atoms in total. The first-order valence-corrected chi connectivity index (χ1v) is 11.8. The average Bonchev–Trinajstić information content (AvgIpc) is 3.44. The molecule has 1 fully saturated rings. The summed E-state index contributed by atoms with van der Waals surface area (Å²) in [5.41, 5.74) is 4.13. The van der Waals surface area contributed by atoms with Gasteiger partial charge in [0.25, 0.3) is 0 Å². The number of benzene rings is 1. The first-order chi connectivity index (χ1) is 16.5. The Morgan fingerprint density at radius 3 is 2.53 bits per heavy atom. The van der Waals surface area contributed by atoms with Crippen LogP contribution >= 0.6 is 11.8 Å². The summed E-state index contributed by atoms with van der Waals surface area (Å²) < 4.78 is 17.4. The van der Waals surface area contributed by atoms with Crippen LogP contribution in [0, 0.1) is 35.4 Å². The van der Waals surface area contributed by atoms with E-state index in [9.17, 15) is 20.0 Å². The maximum absolute atomic E-state index is 13.7. The molecule has 34 heavy (non-hydrogen) atoms. The molecule has 0 spiro atoms. The number of rotatable bonds is 4. The Morgan fingerprint density at radius 1 is 1.03 bits per heavy atom. The molecule has 0 bridgehead atoms. The summed E-state index contributed by atoms with van der Waals surface area (Å²) in [5, 5.41) is 38.0. The van der Waals surface area contributed by atoms with E-state index in [1.165, 1.54) is 30.1 Å². The van der Waals surface area contributed by atoms with Crippen LogP contribution in [0.3, 0.4) is 0 Å². The van der Waals surface area contributed by atoms with Crippen molar-refractivity contribution in [3.8, 4) is 23.3 Å². The van der Waals surface area contributed by atoms with Gasteiger partial charge >= 0.3 is 0 Å². The quantitative estimate of drug-likeness (QED) is 0.448. The summed E-state index contributed by atoms with van der Waals surface area (Å²) in [5.74, 6) is -0.472. The van der Waals surface area contributed by atoms with E-state index in [0.29, 0.717) is 16.0 Å². The lowest BCUT2D eigenvalue weighted by Gasteiger charge is -2.26. The van der Waals surface area contributed by atoms with E-state index in [-0.39, 0.29) is 17.7 Å². The van der Waals surface area contributed by atoms with Crippen LogP contribution in [0.2, 0.25) is 0 Å². The number of hydrogen-bond donors (Lipinski definition) is 1. The van der Waals surface area contributed by atoms with Crippen molar-refractivity contribution in [3.63, 3.8) is 0 Å². The van der Waals surface area contributed by atoms with Crippen LogP contribution in [-0.4, -0.2) is 30.6 Å². The molecule has 9 heteroatoms. The van der Waals surface area contributed by atoms with Crippen molar-refractivity contribution in [1.82, 2.24) is 19.4 Å². The largest absolute Gasteiger partial charge is 0.393 e. The van der Waals surface area contributed by atoms with Crippen molar-refractivity contribution in [2.45, 2.75) is 54.5 Å². The Hall–Kier alpha value is -3.66. The number of nitriles is 2. The fraction of sp³-hybridized carbons (Fsp3) is 0.280. The van der Waals surface area contributed by atoms with Gasteiger partial charge in [0.2, 0.25) is 0 Å². The van der Waals surface area contributed by atoms with E-state index in [2.05, 4.69) is 16.3 Å². The second kappa shape index (κ2) is 8.94. The van der Waals surface area contributed by atoms with Crippen LogP contribution in [0.25, 0.3) is 16.6 Å². The van der Waals surface area contributed by atoms with Crippen LogP contribution in [0.5, 0.6) is 0 Å². The molecule has 0 amide bonds. The van der Waals surface area contributed by atoms with Crippen LogP contribution in [0.1, 0.15) is 48.5 Å². The first-order valence-electron chi connectivity index (χ1n) is 11.0. The number of fused-ring (bicyclic) bond motifs is 1. The number of pyridine rings is 1. The zero-order valence-corrected chi connectivity index (χ0v) is 19.3. The van der Waals surface area contributed by atoms with E-state index in [4.69, 9.17) is 0 Å². The summed E-state index contributed by atoms with van der Waals surface area (Å²) in [7, 11) is 0. The highest BCUT2D eigenvalue weighted by atomic mass is 32.2. The third kappa shape index (κ3) is 3.94. The number of aliphatic hydroxyl groups excluding tert-OH is 1. The Labute approximate surface area is 200 Å². The van der Waals surface area contributed by atoms with Gasteiger partial charge in [-0.05, 0) is 56.9 Å². The fourth-order valence-corrected chi connectivity index (χ4v) is 5.64. The van der Waals surface area contributed by atoms with Gasteiger partial charge in [-0.25, -0.2) is 8.91 Å². The molecule has 0 aliphatic heterocycles. The van der Waals surface area contributed by atoms with Crippen LogP contribution < -0.4 is 0 Å². The van der Waals surface area contributed by atoms with Gasteiger partial charge in [0, 0.05) is 32.8 Å². The highest BCUT2D eigenvalue weighted by Crippen LogP contribution is 2.38. The third-order valence-corrected chi connectivity index (χ3v) is 7.45. The van der Waals surface area contributed by atoms with E-state index in [0.717, 1.165) is 47.4 Å². The number of hydrogen-bond acceptors (Lipinski definition) is 6.